The van der Waals surface area contributed by atoms with Gasteiger partial charge in [0, 0.05) is 6.54 Å². The number of carboxylic acids is 1. The fraction of sp³-hybridized carbons (Fsp3) is 0.125. The summed E-state index contributed by atoms with van der Waals surface area (Å²) < 4.78 is 6.27. The van der Waals surface area contributed by atoms with E-state index in [1.165, 1.54) is 4.57 Å². The fourth-order valence-electron chi connectivity index (χ4n) is 1.82. The molecule has 3 aromatic rings. The van der Waals surface area contributed by atoms with Gasteiger partial charge >= 0.3 is 11.7 Å². The van der Waals surface area contributed by atoms with Gasteiger partial charge < -0.3 is 9.52 Å². The number of oxazole rings is 1. The first-order valence-electron chi connectivity index (χ1n) is 6.48. The molecule has 1 N–H and O–H groups in total. The third-order valence-electron chi connectivity index (χ3n) is 2.79. The third-order valence-corrected chi connectivity index (χ3v) is 2.79. The Morgan fingerprint density at radius 1 is 1.00 bits per heavy atom. The number of carbonyl (C=O) groups is 1. The van der Waals surface area contributed by atoms with Crippen LogP contribution in [0.1, 0.15) is 6.42 Å². The monoisotopic (exact) mass is 285 g/mol. The molecule has 2 aromatic carbocycles. The van der Waals surface area contributed by atoms with Gasteiger partial charge in [0.2, 0.25) is 0 Å². The number of rotatable bonds is 3. The Labute approximate surface area is 121 Å². The molecule has 5 nitrogen and oxygen atoms in total. The summed E-state index contributed by atoms with van der Waals surface area (Å²) in [5, 5.41) is 8.53. The molecule has 0 aliphatic heterocycles. The molecule has 0 saturated carbocycles. The van der Waals surface area contributed by atoms with Crippen LogP contribution in [0.3, 0.4) is 0 Å². The summed E-state index contributed by atoms with van der Waals surface area (Å²) in [6.07, 6.45) is -0.0938. The fourth-order valence-corrected chi connectivity index (χ4v) is 1.82. The Bertz CT molecular complexity index is 732. The van der Waals surface area contributed by atoms with E-state index in [0.29, 0.717) is 11.1 Å². The normalized spacial score (nSPS) is 9.90. The number of benzene rings is 2. The minimum Gasteiger partial charge on any atom is -0.481 e. The maximum absolute atomic E-state index is 11.4. The van der Waals surface area contributed by atoms with Crippen molar-refractivity contribution in [3.63, 3.8) is 0 Å². The average molecular weight is 285 g/mol. The van der Waals surface area contributed by atoms with Crippen LogP contribution < -0.4 is 5.76 Å². The van der Waals surface area contributed by atoms with Gasteiger partial charge in [-0.25, -0.2) is 4.79 Å². The van der Waals surface area contributed by atoms with E-state index in [1.807, 2.05) is 36.4 Å². The summed E-state index contributed by atoms with van der Waals surface area (Å²) in [5.41, 5.74) is 1.11. The highest BCUT2D eigenvalue weighted by molar-refractivity contribution is 5.73. The Kier molecular flexibility index (Phi) is 4.93. The Morgan fingerprint density at radius 3 is 2.14 bits per heavy atom. The number of carboxylic acid groups (broad SMARTS) is 1. The van der Waals surface area contributed by atoms with Gasteiger partial charge in [-0.05, 0) is 12.1 Å². The number of aliphatic carboxylic acids is 1. The van der Waals surface area contributed by atoms with Crippen LogP contribution in [-0.4, -0.2) is 15.6 Å². The lowest BCUT2D eigenvalue weighted by Gasteiger charge is -1.97. The van der Waals surface area contributed by atoms with Crippen molar-refractivity contribution < 1.29 is 14.3 Å². The summed E-state index contributed by atoms with van der Waals surface area (Å²) in [5.74, 6) is -1.45. The standard InChI is InChI=1S/C10H9NO4.C6H6/c12-9(13)5-6-11-7-3-1-2-4-8(7)15-10(11)14;1-2-4-6-5-3-1/h1-4H,5-6H2,(H,12,13);1-6H. The zero-order valence-corrected chi connectivity index (χ0v) is 11.3. The van der Waals surface area contributed by atoms with E-state index in [4.69, 9.17) is 9.52 Å². The first-order valence-corrected chi connectivity index (χ1v) is 6.48. The van der Waals surface area contributed by atoms with Crippen molar-refractivity contribution in [3.8, 4) is 0 Å². The molecule has 0 aliphatic rings. The van der Waals surface area contributed by atoms with Gasteiger partial charge in [0.25, 0.3) is 0 Å². The van der Waals surface area contributed by atoms with Crippen molar-refractivity contribution in [3.05, 3.63) is 71.2 Å². The van der Waals surface area contributed by atoms with E-state index in [2.05, 4.69) is 0 Å². The van der Waals surface area contributed by atoms with E-state index >= 15 is 0 Å². The predicted octanol–water partition coefficient (Wildman–Crippen LogP) is 2.76. The number of aryl methyl sites for hydroxylation is 1. The first-order chi connectivity index (χ1) is 10.2. The first kappa shape index (κ1) is 14.6. The lowest BCUT2D eigenvalue weighted by Crippen LogP contribution is -2.16. The smallest absolute Gasteiger partial charge is 0.419 e. The second kappa shape index (κ2) is 7.09. The predicted molar refractivity (Wildman–Crippen MR) is 79.2 cm³/mol. The van der Waals surface area contributed by atoms with Crippen molar-refractivity contribution in [2.45, 2.75) is 13.0 Å². The van der Waals surface area contributed by atoms with Crippen LogP contribution in [0.15, 0.2) is 69.9 Å². The molecule has 21 heavy (non-hydrogen) atoms. The van der Waals surface area contributed by atoms with Crippen LogP contribution in [0.2, 0.25) is 0 Å². The van der Waals surface area contributed by atoms with Crippen LogP contribution in [0.4, 0.5) is 0 Å². The molecular weight excluding hydrogens is 270 g/mol. The third kappa shape index (κ3) is 4.07. The molecule has 0 spiro atoms. The van der Waals surface area contributed by atoms with E-state index in [9.17, 15) is 9.59 Å². The maximum Gasteiger partial charge on any atom is 0.419 e. The highest BCUT2D eigenvalue weighted by Crippen LogP contribution is 2.11. The van der Waals surface area contributed by atoms with Crippen LogP contribution >= 0.6 is 0 Å². The van der Waals surface area contributed by atoms with Gasteiger partial charge in [0.15, 0.2) is 5.58 Å². The molecule has 0 fully saturated rings. The van der Waals surface area contributed by atoms with E-state index < -0.39 is 11.7 Å². The molecule has 1 aromatic heterocycles. The molecular formula is C16H15NO4. The highest BCUT2D eigenvalue weighted by atomic mass is 16.4. The second-order valence-corrected chi connectivity index (χ2v) is 4.29. The van der Waals surface area contributed by atoms with Gasteiger partial charge in [0.1, 0.15) is 0 Å². The molecule has 108 valence electrons. The van der Waals surface area contributed by atoms with Crippen molar-refractivity contribution in [2.75, 3.05) is 0 Å². The summed E-state index contributed by atoms with van der Waals surface area (Å²) in [6.45, 7) is 0.130. The zero-order chi connectivity index (χ0) is 15.1. The number of hydrogen-bond acceptors (Lipinski definition) is 3. The minimum absolute atomic E-state index is 0.0938. The largest absolute Gasteiger partial charge is 0.481 e. The molecule has 0 unspecified atom stereocenters. The number of fused-ring (bicyclic) bond motifs is 1. The van der Waals surface area contributed by atoms with Crippen molar-refractivity contribution in [1.29, 1.82) is 0 Å². The molecule has 0 amide bonds. The van der Waals surface area contributed by atoms with Crippen molar-refractivity contribution in [2.24, 2.45) is 0 Å². The Morgan fingerprint density at radius 2 is 1.57 bits per heavy atom. The molecule has 0 radical (unpaired) electrons. The van der Waals surface area contributed by atoms with Gasteiger partial charge in [-0.1, -0.05) is 48.5 Å². The van der Waals surface area contributed by atoms with Crippen LogP contribution in [0.25, 0.3) is 11.1 Å². The summed E-state index contributed by atoms with van der Waals surface area (Å²) in [4.78, 5) is 21.8. The topological polar surface area (TPSA) is 72.4 Å². The molecule has 3 rings (SSSR count). The van der Waals surface area contributed by atoms with Crippen molar-refractivity contribution in [1.82, 2.24) is 4.57 Å². The molecule has 0 saturated heterocycles. The van der Waals surface area contributed by atoms with E-state index in [1.54, 1.807) is 24.3 Å². The van der Waals surface area contributed by atoms with E-state index in [-0.39, 0.29) is 13.0 Å². The Hall–Kier alpha value is -2.82. The van der Waals surface area contributed by atoms with Crippen LogP contribution in [0.5, 0.6) is 0 Å². The zero-order valence-electron chi connectivity index (χ0n) is 11.3. The lowest BCUT2D eigenvalue weighted by atomic mass is 10.3. The number of para-hydroxylation sites is 2. The molecule has 1 heterocycles. The van der Waals surface area contributed by atoms with Crippen molar-refractivity contribution >= 4 is 17.1 Å². The quantitative estimate of drug-likeness (QED) is 0.803. The SMILES string of the molecule is O=C(O)CCn1c(=O)oc2ccccc21.c1ccccc1. The lowest BCUT2D eigenvalue weighted by molar-refractivity contribution is -0.137. The minimum atomic E-state index is -0.938. The second-order valence-electron chi connectivity index (χ2n) is 4.29. The Balaban J connectivity index is 0.000000225. The van der Waals surface area contributed by atoms with E-state index in [0.717, 1.165) is 0 Å². The highest BCUT2D eigenvalue weighted by Gasteiger charge is 2.09. The van der Waals surface area contributed by atoms with Gasteiger partial charge in [-0.2, -0.15) is 0 Å². The molecule has 0 bridgehead atoms. The van der Waals surface area contributed by atoms with Gasteiger partial charge in [-0.3, -0.25) is 9.36 Å². The molecule has 5 heteroatoms. The molecule has 0 aliphatic carbocycles. The molecule has 0 atom stereocenters. The average Bonchev–Trinajstić information content (AvgIpc) is 2.83. The number of nitrogens with zero attached hydrogens (tertiary/aromatic N) is 1. The van der Waals surface area contributed by atoms with Crippen LogP contribution in [-0.2, 0) is 11.3 Å². The maximum atomic E-state index is 11.4. The van der Waals surface area contributed by atoms with Crippen LogP contribution in [0, 0.1) is 0 Å². The number of hydrogen-bond donors (Lipinski definition) is 1. The summed E-state index contributed by atoms with van der Waals surface area (Å²) >= 11 is 0. The van der Waals surface area contributed by atoms with Gasteiger partial charge in [0.05, 0.1) is 11.9 Å². The summed E-state index contributed by atoms with van der Waals surface area (Å²) in [7, 11) is 0. The summed E-state index contributed by atoms with van der Waals surface area (Å²) in [6, 6.07) is 18.9. The number of aromatic nitrogens is 1. The van der Waals surface area contributed by atoms with Gasteiger partial charge in [-0.15, -0.1) is 0 Å².